The van der Waals surface area contributed by atoms with Crippen molar-refractivity contribution in [3.05, 3.63) is 35.4 Å². The first kappa shape index (κ1) is 14.6. The minimum Gasteiger partial charge on any atom is -0.462 e. The third-order valence-electron chi connectivity index (χ3n) is 5.01. The van der Waals surface area contributed by atoms with Crippen molar-refractivity contribution in [2.45, 2.75) is 57.6 Å². The molecule has 1 aliphatic heterocycles. The highest BCUT2D eigenvalue weighted by Crippen LogP contribution is 2.32. The number of rotatable bonds is 3. The topological polar surface area (TPSA) is 38.3 Å². The Labute approximate surface area is 127 Å². The summed E-state index contributed by atoms with van der Waals surface area (Å²) in [5.41, 5.74) is 2.37. The van der Waals surface area contributed by atoms with Gasteiger partial charge >= 0.3 is 5.97 Å². The molecule has 1 aromatic rings. The number of benzene rings is 1. The Bertz CT molecular complexity index is 500. The molecule has 2 aliphatic rings. The Kier molecular flexibility index (Phi) is 4.59. The van der Waals surface area contributed by atoms with Gasteiger partial charge in [-0.3, -0.25) is 4.79 Å². The highest BCUT2D eigenvalue weighted by Gasteiger charge is 2.32. The molecule has 3 rings (SSSR count). The third kappa shape index (κ3) is 3.13. The maximum atomic E-state index is 12.6. The van der Waals surface area contributed by atoms with Crippen LogP contribution in [0.25, 0.3) is 0 Å². The predicted octanol–water partition coefficient (Wildman–Crippen LogP) is 3.39. The number of hydrogen-bond acceptors (Lipinski definition) is 3. The van der Waals surface area contributed by atoms with E-state index in [2.05, 4.69) is 24.4 Å². The van der Waals surface area contributed by atoms with Gasteiger partial charge in [0, 0.05) is 13.1 Å². The van der Waals surface area contributed by atoms with Gasteiger partial charge in [-0.05, 0) is 42.7 Å². The van der Waals surface area contributed by atoms with E-state index < -0.39 is 0 Å². The highest BCUT2D eigenvalue weighted by molar-refractivity contribution is 5.79. The second-order valence-electron chi connectivity index (χ2n) is 6.31. The fraction of sp³-hybridized carbons (Fsp3) is 0.611. The zero-order valence-electron chi connectivity index (χ0n) is 12.8. The number of hydrogen-bond donors (Lipinski definition) is 1. The van der Waals surface area contributed by atoms with Crippen molar-refractivity contribution in [3.63, 3.8) is 0 Å². The van der Waals surface area contributed by atoms with Crippen molar-refractivity contribution in [3.8, 4) is 0 Å². The van der Waals surface area contributed by atoms with Gasteiger partial charge in [0.15, 0.2) is 0 Å². The van der Waals surface area contributed by atoms with Crippen LogP contribution in [0.3, 0.4) is 0 Å². The molecular weight excluding hydrogens is 262 g/mol. The molecule has 114 valence electrons. The average molecular weight is 287 g/mol. The van der Waals surface area contributed by atoms with Crippen LogP contribution in [-0.4, -0.2) is 18.6 Å². The molecule has 3 nitrogen and oxygen atoms in total. The molecule has 1 heterocycles. The minimum atomic E-state index is -0.144. The Morgan fingerprint density at radius 2 is 2.10 bits per heavy atom. The molecule has 0 saturated heterocycles. The molecule has 1 saturated carbocycles. The fourth-order valence-corrected chi connectivity index (χ4v) is 3.73. The van der Waals surface area contributed by atoms with E-state index in [1.165, 1.54) is 24.8 Å². The summed E-state index contributed by atoms with van der Waals surface area (Å²) in [5, 5.41) is 3.33. The van der Waals surface area contributed by atoms with E-state index in [1.807, 2.05) is 12.1 Å². The lowest BCUT2D eigenvalue weighted by Gasteiger charge is -2.33. The minimum absolute atomic E-state index is 0.0417. The van der Waals surface area contributed by atoms with Gasteiger partial charge < -0.3 is 10.1 Å². The monoisotopic (exact) mass is 287 g/mol. The third-order valence-corrected chi connectivity index (χ3v) is 5.01. The molecule has 1 aliphatic carbocycles. The molecule has 1 aromatic carbocycles. The fourth-order valence-electron chi connectivity index (χ4n) is 3.73. The Morgan fingerprint density at radius 1 is 1.29 bits per heavy atom. The number of carbonyl (C=O) groups is 1. The highest BCUT2D eigenvalue weighted by atomic mass is 16.5. The Balaban J connectivity index is 1.71. The molecule has 3 unspecified atom stereocenters. The molecule has 0 amide bonds. The Morgan fingerprint density at radius 3 is 2.95 bits per heavy atom. The summed E-state index contributed by atoms with van der Waals surface area (Å²) in [5.74, 6) is 0.365. The summed E-state index contributed by atoms with van der Waals surface area (Å²) in [6, 6.07) is 8.21. The van der Waals surface area contributed by atoms with Gasteiger partial charge in [-0.15, -0.1) is 0 Å². The lowest BCUT2D eigenvalue weighted by molar-refractivity contribution is -0.155. The van der Waals surface area contributed by atoms with E-state index in [9.17, 15) is 4.79 Å². The summed E-state index contributed by atoms with van der Waals surface area (Å²) in [6.07, 6.45) is 5.94. The normalized spacial score (nSPS) is 28.7. The SMILES string of the molecule is CCC1CCCCC1OC(=O)C1CNCc2ccccc21. The number of ether oxygens (including phenoxy) is 1. The van der Waals surface area contributed by atoms with Gasteiger partial charge in [-0.2, -0.15) is 0 Å². The van der Waals surface area contributed by atoms with Gasteiger partial charge in [0.05, 0.1) is 5.92 Å². The maximum Gasteiger partial charge on any atom is 0.315 e. The van der Waals surface area contributed by atoms with Crippen molar-refractivity contribution in [2.75, 3.05) is 6.54 Å². The summed E-state index contributed by atoms with van der Waals surface area (Å²) in [7, 11) is 0. The predicted molar refractivity (Wildman–Crippen MR) is 83.0 cm³/mol. The van der Waals surface area contributed by atoms with E-state index >= 15 is 0 Å². The van der Waals surface area contributed by atoms with Crippen LogP contribution in [0.5, 0.6) is 0 Å². The van der Waals surface area contributed by atoms with E-state index in [0.29, 0.717) is 12.5 Å². The number of nitrogens with one attached hydrogen (secondary N) is 1. The molecular formula is C18H25NO2. The lowest BCUT2D eigenvalue weighted by Crippen LogP contribution is -2.37. The quantitative estimate of drug-likeness (QED) is 0.866. The molecule has 1 fully saturated rings. The van der Waals surface area contributed by atoms with Crippen LogP contribution in [0.2, 0.25) is 0 Å². The van der Waals surface area contributed by atoms with Crippen molar-refractivity contribution in [1.29, 1.82) is 0 Å². The van der Waals surface area contributed by atoms with Crippen LogP contribution in [-0.2, 0) is 16.1 Å². The molecule has 3 heteroatoms. The number of carbonyl (C=O) groups excluding carboxylic acids is 1. The average Bonchev–Trinajstić information content (AvgIpc) is 2.54. The van der Waals surface area contributed by atoms with Crippen molar-refractivity contribution < 1.29 is 9.53 Å². The first-order chi connectivity index (χ1) is 10.3. The first-order valence-electron chi connectivity index (χ1n) is 8.28. The van der Waals surface area contributed by atoms with E-state index in [0.717, 1.165) is 24.9 Å². The Hall–Kier alpha value is -1.35. The lowest BCUT2D eigenvalue weighted by atomic mass is 9.84. The zero-order chi connectivity index (χ0) is 14.7. The molecule has 0 bridgehead atoms. The molecule has 21 heavy (non-hydrogen) atoms. The van der Waals surface area contributed by atoms with Crippen LogP contribution in [0, 0.1) is 5.92 Å². The largest absolute Gasteiger partial charge is 0.462 e. The summed E-state index contributed by atoms with van der Waals surface area (Å²) < 4.78 is 5.91. The van der Waals surface area contributed by atoms with Gasteiger partial charge in [0.2, 0.25) is 0 Å². The van der Waals surface area contributed by atoms with E-state index in [1.54, 1.807) is 0 Å². The van der Waals surface area contributed by atoms with Crippen LogP contribution in [0.4, 0.5) is 0 Å². The second-order valence-corrected chi connectivity index (χ2v) is 6.31. The van der Waals surface area contributed by atoms with E-state index in [4.69, 9.17) is 4.74 Å². The standard InChI is InChI=1S/C18H25NO2/c1-2-13-7-4-6-10-17(13)21-18(20)16-12-19-11-14-8-3-5-9-15(14)16/h3,5,8-9,13,16-17,19H,2,4,6-7,10-12H2,1H3. The van der Waals surface area contributed by atoms with Crippen molar-refractivity contribution in [1.82, 2.24) is 5.32 Å². The number of esters is 1. The van der Waals surface area contributed by atoms with Gasteiger partial charge in [0.1, 0.15) is 6.10 Å². The smallest absolute Gasteiger partial charge is 0.315 e. The molecule has 3 atom stereocenters. The summed E-state index contributed by atoms with van der Waals surface area (Å²) in [6.45, 7) is 3.74. The number of fused-ring (bicyclic) bond motifs is 1. The second kappa shape index (κ2) is 6.61. The van der Waals surface area contributed by atoms with Crippen molar-refractivity contribution in [2.24, 2.45) is 5.92 Å². The van der Waals surface area contributed by atoms with Crippen LogP contribution in [0.15, 0.2) is 24.3 Å². The summed E-state index contributed by atoms with van der Waals surface area (Å²) in [4.78, 5) is 12.6. The van der Waals surface area contributed by atoms with Crippen LogP contribution in [0.1, 0.15) is 56.1 Å². The molecule has 1 N–H and O–H groups in total. The molecule has 0 radical (unpaired) electrons. The maximum absolute atomic E-state index is 12.6. The van der Waals surface area contributed by atoms with Gasteiger partial charge in [-0.25, -0.2) is 0 Å². The van der Waals surface area contributed by atoms with E-state index in [-0.39, 0.29) is 18.0 Å². The summed E-state index contributed by atoms with van der Waals surface area (Å²) >= 11 is 0. The van der Waals surface area contributed by atoms with Gasteiger partial charge in [0.25, 0.3) is 0 Å². The van der Waals surface area contributed by atoms with Gasteiger partial charge in [-0.1, -0.05) is 37.6 Å². The molecule has 0 aromatic heterocycles. The van der Waals surface area contributed by atoms with Crippen LogP contribution < -0.4 is 5.32 Å². The molecule has 0 spiro atoms. The van der Waals surface area contributed by atoms with Crippen LogP contribution >= 0.6 is 0 Å². The zero-order valence-corrected chi connectivity index (χ0v) is 12.8. The van der Waals surface area contributed by atoms with Crippen molar-refractivity contribution >= 4 is 5.97 Å². The first-order valence-corrected chi connectivity index (χ1v) is 8.28.